The van der Waals surface area contributed by atoms with Crippen molar-refractivity contribution in [2.24, 2.45) is 0 Å². The lowest BCUT2D eigenvalue weighted by molar-refractivity contribution is -0.121. The number of carbonyl (C=O) groups is 2. The van der Waals surface area contributed by atoms with E-state index in [9.17, 15) is 9.59 Å². The smallest absolute Gasteiger partial charge is 0.256 e. The third kappa shape index (κ3) is 2.70. The number of anilines is 2. The van der Waals surface area contributed by atoms with Gasteiger partial charge in [0.05, 0.1) is 12.1 Å². The highest BCUT2D eigenvalue weighted by atomic mass is 35.5. The number of carbonyl (C=O) groups excluding carboxylic acids is 2. The van der Waals surface area contributed by atoms with Crippen LogP contribution < -0.4 is 10.2 Å². The molecule has 3 rings (SSSR count). The van der Waals surface area contributed by atoms with Crippen LogP contribution in [0.3, 0.4) is 0 Å². The van der Waals surface area contributed by atoms with Crippen LogP contribution in [0.4, 0.5) is 11.4 Å². The van der Waals surface area contributed by atoms with Crippen LogP contribution in [-0.4, -0.2) is 17.9 Å². The highest BCUT2D eigenvalue weighted by molar-refractivity contribution is 6.32. The van der Waals surface area contributed by atoms with E-state index in [0.29, 0.717) is 10.7 Å². The molecule has 4 nitrogen and oxygen atoms in total. The Labute approximate surface area is 133 Å². The van der Waals surface area contributed by atoms with E-state index >= 15 is 0 Å². The standard InChI is InChI=1S/C17H15ClN2O2/c1-11-7-8-13(9-14(11)18)20-16(21)10-15(17(20)22)19-12-5-3-2-4-6-12/h2-9,15,19H,10H2,1H3/t15-/m0/s1. The molecular weight excluding hydrogens is 300 g/mol. The number of hydrogen-bond donors (Lipinski definition) is 1. The first-order chi connectivity index (χ1) is 10.6. The van der Waals surface area contributed by atoms with Crippen LogP contribution in [-0.2, 0) is 9.59 Å². The molecule has 22 heavy (non-hydrogen) atoms. The molecule has 1 atom stereocenters. The maximum Gasteiger partial charge on any atom is 0.256 e. The SMILES string of the molecule is Cc1ccc(N2C(=O)C[C@H](Nc3ccccc3)C2=O)cc1Cl. The Morgan fingerprint density at radius 1 is 1.14 bits per heavy atom. The summed E-state index contributed by atoms with van der Waals surface area (Å²) in [6.07, 6.45) is 0.138. The van der Waals surface area contributed by atoms with Crippen molar-refractivity contribution in [1.82, 2.24) is 0 Å². The molecule has 0 radical (unpaired) electrons. The zero-order valence-corrected chi connectivity index (χ0v) is 12.8. The molecule has 1 N–H and O–H groups in total. The summed E-state index contributed by atoms with van der Waals surface area (Å²) in [7, 11) is 0. The van der Waals surface area contributed by atoms with Crippen molar-refractivity contribution < 1.29 is 9.59 Å². The number of nitrogens with one attached hydrogen (secondary N) is 1. The summed E-state index contributed by atoms with van der Waals surface area (Å²) >= 11 is 6.09. The molecule has 1 saturated heterocycles. The third-order valence-corrected chi connectivity index (χ3v) is 4.08. The number of nitrogens with zero attached hydrogens (tertiary/aromatic N) is 1. The molecule has 0 spiro atoms. The number of amides is 2. The fraction of sp³-hybridized carbons (Fsp3) is 0.176. The van der Waals surface area contributed by atoms with E-state index in [4.69, 9.17) is 11.6 Å². The van der Waals surface area contributed by atoms with Crippen LogP contribution >= 0.6 is 11.6 Å². The van der Waals surface area contributed by atoms with Crippen LogP contribution in [0, 0.1) is 6.92 Å². The topological polar surface area (TPSA) is 49.4 Å². The summed E-state index contributed by atoms with van der Waals surface area (Å²) in [6.45, 7) is 1.87. The van der Waals surface area contributed by atoms with Gasteiger partial charge in [-0.15, -0.1) is 0 Å². The molecular formula is C17H15ClN2O2. The maximum atomic E-state index is 12.5. The van der Waals surface area contributed by atoms with E-state index in [1.807, 2.05) is 37.3 Å². The fourth-order valence-corrected chi connectivity index (χ4v) is 2.65. The average molecular weight is 315 g/mol. The fourth-order valence-electron chi connectivity index (χ4n) is 2.47. The highest BCUT2D eigenvalue weighted by Gasteiger charge is 2.39. The lowest BCUT2D eigenvalue weighted by atomic mass is 10.2. The van der Waals surface area contributed by atoms with Gasteiger partial charge in [0, 0.05) is 10.7 Å². The van der Waals surface area contributed by atoms with E-state index in [2.05, 4.69) is 5.32 Å². The van der Waals surface area contributed by atoms with Crippen molar-refractivity contribution in [2.75, 3.05) is 10.2 Å². The molecule has 1 heterocycles. The molecule has 1 aliphatic heterocycles. The Kier molecular flexibility index (Phi) is 3.86. The third-order valence-electron chi connectivity index (χ3n) is 3.67. The van der Waals surface area contributed by atoms with Crippen molar-refractivity contribution in [1.29, 1.82) is 0 Å². The second kappa shape index (κ2) is 5.81. The number of benzene rings is 2. The summed E-state index contributed by atoms with van der Waals surface area (Å²) in [4.78, 5) is 25.9. The Balaban J connectivity index is 1.83. The molecule has 0 bridgehead atoms. The quantitative estimate of drug-likeness (QED) is 0.883. The lowest BCUT2D eigenvalue weighted by Gasteiger charge is -2.16. The van der Waals surface area contributed by atoms with Gasteiger partial charge in [0.2, 0.25) is 5.91 Å². The van der Waals surface area contributed by atoms with E-state index in [1.165, 1.54) is 4.90 Å². The summed E-state index contributed by atoms with van der Waals surface area (Å²) in [5.74, 6) is -0.480. The lowest BCUT2D eigenvalue weighted by Crippen LogP contribution is -2.34. The van der Waals surface area contributed by atoms with Crippen molar-refractivity contribution in [3.63, 3.8) is 0 Å². The molecule has 112 valence electrons. The van der Waals surface area contributed by atoms with E-state index in [1.54, 1.807) is 18.2 Å². The number of imide groups is 1. The van der Waals surface area contributed by atoms with Gasteiger partial charge in [-0.1, -0.05) is 35.9 Å². The van der Waals surface area contributed by atoms with Gasteiger partial charge in [-0.2, -0.15) is 0 Å². The van der Waals surface area contributed by atoms with Crippen molar-refractivity contribution in [3.05, 3.63) is 59.1 Å². The van der Waals surface area contributed by atoms with Crippen LogP contribution in [0.1, 0.15) is 12.0 Å². The second-order valence-electron chi connectivity index (χ2n) is 5.27. The minimum atomic E-state index is -0.546. The minimum Gasteiger partial charge on any atom is -0.373 e. The predicted octanol–water partition coefficient (Wildman–Crippen LogP) is 3.39. The van der Waals surface area contributed by atoms with Gasteiger partial charge >= 0.3 is 0 Å². The molecule has 5 heteroatoms. The number of halogens is 1. The van der Waals surface area contributed by atoms with Crippen molar-refractivity contribution >= 4 is 34.8 Å². The summed E-state index contributed by atoms with van der Waals surface area (Å²) in [6, 6.07) is 14.0. The Bertz CT molecular complexity index is 731. The number of aryl methyl sites for hydroxylation is 1. The van der Waals surface area contributed by atoms with E-state index in [-0.39, 0.29) is 18.2 Å². The minimum absolute atomic E-state index is 0.138. The summed E-state index contributed by atoms with van der Waals surface area (Å²) in [5.41, 5.74) is 2.24. The number of para-hydroxylation sites is 1. The Morgan fingerprint density at radius 2 is 1.86 bits per heavy atom. The van der Waals surface area contributed by atoms with Gasteiger partial charge in [0.25, 0.3) is 5.91 Å². The molecule has 2 aromatic carbocycles. The molecule has 2 amide bonds. The summed E-state index contributed by atoms with van der Waals surface area (Å²) < 4.78 is 0. The van der Waals surface area contributed by atoms with Gasteiger partial charge in [0.15, 0.2) is 0 Å². The molecule has 1 fully saturated rings. The number of hydrogen-bond acceptors (Lipinski definition) is 3. The van der Waals surface area contributed by atoms with Crippen LogP contribution in [0.15, 0.2) is 48.5 Å². The molecule has 0 aliphatic carbocycles. The summed E-state index contributed by atoms with van der Waals surface area (Å²) in [5, 5.41) is 3.64. The largest absolute Gasteiger partial charge is 0.373 e. The van der Waals surface area contributed by atoms with Gasteiger partial charge in [-0.25, -0.2) is 4.90 Å². The predicted molar refractivity (Wildman–Crippen MR) is 87.2 cm³/mol. The molecule has 0 unspecified atom stereocenters. The Morgan fingerprint density at radius 3 is 2.55 bits per heavy atom. The highest BCUT2D eigenvalue weighted by Crippen LogP contribution is 2.28. The van der Waals surface area contributed by atoms with Gasteiger partial charge in [0.1, 0.15) is 6.04 Å². The van der Waals surface area contributed by atoms with E-state index < -0.39 is 6.04 Å². The Hall–Kier alpha value is -2.33. The van der Waals surface area contributed by atoms with Crippen LogP contribution in [0.25, 0.3) is 0 Å². The first kappa shape index (κ1) is 14.6. The van der Waals surface area contributed by atoms with Gasteiger partial charge in [-0.3, -0.25) is 9.59 Å². The molecule has 0 aromatic heterocycles. The van der Waals surface area contributed by atoms with Gasteiger partial charge in [-0.05, 0) is 36.8 Å². The maximum absolute atomic E-state index is 12.5. The van der Waals surface area contributed by atoms with Crippen molar-refractivity contribution in [2.45, 2.75) is 19.4 Å². The van der Waals surface area contributed by atoms with Crippen LogP contribution in [0.2, 0.25) is 5.02 Å². The second-order valence-corrected chi connectivity index (χ2v) is 5.68. The zero-order valence-electron chi connectivity index (χ0n) is 12.0. The average Bonchev–Trinajstić information content (AvgIpc) is 2.78. The van der Waals surface area contributed by atoms with Crippen molar-refractivity contribution in [3.8, 4) is 0 Å². The molecule has 1 aliphatic rings. The van der Waals surface area contributed by atoms with E-state index in [0.717, 1.165) is 11.3 Å². The zero-order chi connectivity index (χ0) is 15.7. The molecule has 0 saturated carbocycles. The molecule has 2 aromatic rings. The first-order valence-electron chi connectivity index (χ1n) is 7.01. The van der Waals surface area contributed by atoms with Crippen LogP contribution in [0.5, 0.6) is 0 Å². The first-order valence-corrected chi connectivity index (χ1v) is 7.38. The normalized spacial score (nSPS) is 17.9. The monoisotopic (exact) mass is 314 g/mol. The van der Waals surface area contributed by atoms with Gasteiger partial charge < -0.3 is 5.32 Å². The number of rotatable bonds is 3.